The van der Waals surface area contributed by atoms with Crippen LogP contribution in [-0.4, -0.2) is 26.9 Å². The van der Waals surface area contributed by atoms with E-state index in [1.165, 1.54) is 0 Å². The lowest BCUT2D eigenvalue weighted by Crippen LogP contribution is -2.18. The van der Waals surface area contributed by atoms with Gasteiger partial charge in [0.15, 0.2) is 0 Å². The van der Waals surface area contributed by atoms with Crippen molar-refractivity contribution in [2.45, 2.75) is 52.4 Å². The number of fused-ring (bicyclic) bond motifs is 1. The monoisotopic (exact) mass is 444 g/mol. The van der Waals surface area contributed by atoms with E-state index in [9.17, 15) is 10.2 Å². The molecule has 4 aromatic rings. The van der Waals surface area contributed by atoms with Gasteiger partial charge in [-0.1, -0.05) is 53.7 Å². The standard InChI is InChI=1S/C28H32N2O3/c1-27(2,3)20-14-17(15-21(25(20)32)28(4,5)6)30-23-11-9-8-10-22(23)29-26(30)19-16-18(33-7)12-13-24(19)31/h8-16,31-32H,1-7H3. The van der Waals surface area contributed by atoms with Crippen molar-refractivity contribution >= 4 is 11.0 Å². The second kappa shape index (κ2) is 7.84. The summed E-state index contributed by atoms with van der Waals surface area (Å²) in [5.41, 5.74) is 4.38. The number of phenols is 2. The highest BCUT2D eigenvalue weighted by Crippen LogP contribution is 2.43. The van der Waals surface area contributed by atoms with Gasteiger partial charge in [0.2, 0.25) is 0 Å². The van der Waals surface area contributed by atoms with Crippen LogP contribution in [0.5, 0.6) is 17.2 Å². The molecule has 1 aromatic heterocycles. The molecule has 172 valence electrons. The van der Waals surface area contributed by atoms with Gasteiger partial charge < -0.3 is 14.9 Å². The molecule has 1 heterocycles. The lowest BCUT2D eigenvalue weighted by Gasteiger charge is -2.28. The second-order valence-corrected chi connectivity index (χ2v) is 10.5. The van der Waals surface area contributed by atoms with Crippen molar-refractivity contribution in [2.24, 2.45) is 0 Å². The van der Waals surface area contributed by atoms with Gasteiger partial charge in [-0.2, -0.15) is 0 Å². The molecule has 0 amide bonds. The first kappa shape index (κ1) is 22.7. The fourth-order valence-electron chi connectivity index (χ4n) is 4.18. The molecule has 0 unspecified atom stereocenters. The summed E-state index contributed by atoms with van der Waals surface area (Å²) in [6.07, 6.45) is 0. The Kier molecular flexibility index (Phi) is 5.39. The fourth-order valence-corrected chi connectivity index (χ4v) is 4.18. The van der Waals surface area contributed by atoms with Crippen molar-refractivity contribution in [3.05, 3.63) is 65.7 Å². The minimum Gasteiger partial charge on any atom is -0.507 e. The average Bonchev–Trinajstić information content (AvgIpc) is 3.12. The Bertz CT molecular complexity index is 1300. The van der Waals surface area contributed by atoms with Gasteiger partial charge in [-0.3, -0.25) is 4.57 Å². The number of imidazole rings is 1. The third-order valence-corrected chi connectivity index (χ3v) is 5.97. The zero-order chi connectivity index (χ0) is 24.1. The fraction of sp³-hybridized carbons (Fsp3) is 0.321. The molecule has 0 aliphatic heterocycles. The smallest absolute Gasteiger partial charge is 0.149 e. The summed E-state index contributed by atoms with van der Waals surface area (Å²) in [5.74, 6) is 1.70. The summed E-state index contributed by atoms with van der Waals surface area (Å²) in [4.78, 5) is 4.89. The third-order valence-electron chi connectivity index (χ3n) is 5.97. The van der Waals surface area contributed by atoms with Gasteiger partial charge >= 0.3 is 0 Å². The first-order chi connectivity index (χ1) is 15.4. The van der Waals surface area contributed by atoms with Crippen molar-refractivity contribution in [3.63, 3.8) is 0 Å². The number of nitrogens with zero attached hydrogens (tertiary/aromatic N) is 2. The Hall–Kier alpha value is -3.47. The van der Waals surface area contributed by atoms with Crippen molar-refractivity contribution < 1.29 is 14.9 Å². The van der Waals surface area contributed by atoms with Crippen LogP contribution in [-0.2, 0) is 10.8 Å². The van der Waals surface area contributed by atoms with Crippen LogP contribution < -0.4 is 4.74 Å². The predicted octanol–water partition coefficient (Wildman–Crippen LogP) is 6.71. The van der Waals surface area contributed by atoms with Crippen molar-refractivity contribution in [2.75, 3.05) is 7.11 Å². The minimum absolute atomic E-state index is 0.123. The highest BCUT2D eigenvalue weighted by Gasteiger charge is 2.28. The van der Waals surface area contributed by atoms with Crippen LogP contribution in [0.3, 0.4) is 0 Å². The molecule has 0 fully saturated rings. The summed E-state index contributed by atoms with van der Waals surface area (Å²) in [6, 6.07) is 17.1. The van der Waals surface area contributed by atoms with E-state index in [-0.39, 0.29) is 16.6 Å². The van der Waals surface area contributed by atoms with Crippen molar-refractivity contribution in [3.8, 4) is 34.3 Å². The van der Waals surface area contributed by atoms with Crippen LogP contribution in [0.1, 0.15) is 52.7 Å². The van der Waals surface area contributed by atoms with Gasteiger partial charge in [0.1, 0.15) is 23.1 Å². The number of hydrogen-bond acceptors (Lipinski definition) is 4. The van der Waals surface area contributed by atoms with E-state index in [4.69, 9.17) is 9.72 Å². The molecule has 33 heavy (non-hydrogen) atoms. The van der Waals surface area contributed by atoms with Gasteiger partial charge in [0.05, 0.1) is 23.7 Å². The normalized spacial score (nSPS) is 12.3. The number of hydrogen-bond donors (Lipinski definition) is 2. The molecular weight excluding hydrogens is 412 g/mol. The summed E-state index contributed by atoms with van der Waals surface area (Å²) >= 11 is 0. The van der Waals surface area contributed by atoms with E-state index in [0.29, 0.717) is 22.9 Å². The number of aromatic nitrogens is 2. The van der Waals surface area contributed by atoms with Crippen LogP contribution in [0.4, 0.5) is 0 Å². The number of rotatable bonds is 3. The summed E-state index contributed by atoms with van der Waals surface area (Å²) in [6.45, 7) is 12.6. The topological polar surface area (TPSA) is 67.5 Å². The first-order valence-corrected chi connectivity index (χ1v) is 11.1. The number of methoxy groups -OCH3 is 1. The number of aromatic hydroxyl groups is 2. The highest BCUT2D eigenvalue weighted by molar-refractivity contribution is 5.85. The molecule has 0 saturated carbocycles. The summed E-state index contributed by atoms with van der Waals surface area (Å²) in [5, 5.41) is 22.0. The molecule has 0 aliphatic carbocycles. The summed E-state index contributed by atoms with van der Waals surface area (Å²) < 4.78 is 7.46. The Morgan fingerprint density at radius 1 is 0.818 bits per heavy atom. The van der Waals surface area contributed by atoms with E-state index in [2.05, 4.69) is 41.5 Å². The van der Waals surface area contributed by atoms with Crippen LogP contribution in [0, 0.1) is 0 Å². The molecule has 5 heteroatoms. The SMILES string of the molecule is COc1ccc(O)c(-c2nc3ccccc3n2-c2cc(C(C)(C)C)c(O)c(C(C)(C)C)c2)c1. The van der Waals surface area contributed by atoms with Gasteiger partial charge in [0, 0.05) is 16.8 Å². The lowest BCUT2D eigenvalue weighted by atomic mass is 9.79. The lowest BCUT2D eigenvalue weighted by molar-refractivity contribution is 0.412. The molecule has 0 radical (unpaired) electrons. The maximum absolute atomic E-state index is 11.2. The number of para-hydroxylation sites is 2. The molecule has 0 atom stereocenters. The zero-order valence-corrected chi connectivity index (χ0v) is 20.4. The van der Waals surface area contributed by atoms with Crippen LogP contribution in [0.25, 0.3) is 28.1 Å². The quantitative estimate of drug-likeness (QED) is 0.369. The Balaban J connectivity index is 2.13. The number of phenolic OH excluding ortho intramolecular Hbond substituents is 2. The maximum Gasteiger partial charge on any atom is 0.149 e. The van der Waals surface area contributed by atoms with E-state index in [1.807, 2.05) is 41.0 Å². The van der Waals surface area contributed by atoms with E-state index in [1.54, 1.807) is 25.3 Å². The largest absolute Gasteiger partial charge is 0.507 e. The van der Waals surface area contributed by atoms with E-state index >= 15 is 0 Å². The van der Waals surface area contributed by atoms with Crippen LogP contribution >= 0.6 is 0 Å². The maximum atomic E-state index is 11.2. The van der Waals surface area contributed by atoms with Crippen molar-refractivity contribution in [1.29, 1.82) is 0 Å². The zero-order valence-electron chi connectivity index (χ0n) is 20.4. The van der Waals surface area contributed by atoms with E-state index < -0.39 is 0 Å². The third kappa shape index (κ3) is 4.04. The number of benzene rings is 3. The second-order valence-electron chi connectivity index (χ2n) is 10.5. The minimum atomic E-state index is -0.269. The van der Waals surface area contributed by atoms with Crippen LogP contribution in [0.2, 0.25) is 0 Å². The van der Waals surface area contributed by atoms with Crippen LogP contribution in [0.15, 0.2) is 54.6 Å². The Labute approximate surface area is 195 Å². The Morgan fingerprint density at radius 3 is 2.00 bits per heavy atom. The molecule has 5 nitrogen and oxygen atoms in total. The average molecular weight is 445 g/mol. The summed E-state index contributed by atoms with van der Waals surface area (Å²) in [7, 11) is 1.60. The van der Waals surface area contributed by atoms with Gasteiger partial charge in [0.25, 0.3) is 0 Å². The molecule has 4 rings (SSSR count). The van der Waals surface area contributed by atoms with Crippen molar-refractivity contribution in [1.82, 2.24) is 9.55 Å². The van der Waals surface area contributed by atoms with Gasteiger partial charge in [-0.15, -0.1) is 0 Å². The van der Waals surface area contributed by atoms with E-state index in [0.717, 1.165) is 27.8 Å². The molecule has 0 spiro atoms. The van der Waals surface area contributed by atoms with Gasteiger partial charge in [-0.25, -0.2) is 4.98 Å². The molecular formula is C28H32N2O3. The first-order valence-electron chi connectivity index (χ1n) is 11.1. The predicted molar refractivity (Wildman–Crippen MR) is 134 cm³/mol. The highest BCUT2D eigenvalue weighted by atomic mass is 16.5. The Morgan fingerprint density at radius 2 is 1.42 bits per heavy atom. The molecule has 0 bridgehead atoms. The van der Waals surface area contributed by atoms with Gasteiger partial charge in [-0.05, 0) is 53.3 Å². The molecule has 0 saturated heterocycles. The molecule has 2 N–H and O–H groups in total. The molecule has 3 aromatic carbocycles. The molecule has 0 aliphatic rings. The number of ether oxygens (including phenoxy) is 1.